The number of anilines is 1. The van der Waals surface area contributed by atoms with Gasteiger partial charge in [0, 0.05) is 37.1 Å². The molecule has 0 aromatic carbocycles. The molecule has 1 saturated carbocycles. The van der Waals surface area contributed by atoms with Crippen LogP contribution in [-0.2, 0) is 9.59 Å². The van der Waals surface area contributed by atoms with E-state index in [-0.39, 0.29) is 17.7 Å². The molecule has 2 fully saturated rings. The predicted molar refractivity (Wildman–Crippen MR) is 94.1 cm³/mol. The van der Waals surface area contributed by atoms with Gasteiger partial charge in [-0.2, -0.15) is 0 Å². The second-order valence-corrected chi connectivity index (χ2v) is 7.36. The van der Waals surface area contributed by atoms with E-state index in [1.165, 1.54) is 11.8 Å². The van der Waals surface area contributed by atoms with Gasteiger partial charge in [-0.1, -0.05) is 17.8 Å². The van der Waals surface area contributed by atoms with E-state index in [1.807, 2.05) is 29.2 Å². The first-order chi connectivity index (χ1) is 12.2. The van der Waals surface area contributed by atoms with Gasteiger partial charge in [-0.05, 0) is 37.1 Å². The van der Waals surface area contributed by atoms with Crippen molar-refractivity contribution >= 4 is 29.3 Å². The molecule has 2 aromatic rings. The van der Waals surface area contributed by atoms with Crippen molar-refractivity contribution in [2.75, 3.05) is 11.9 Å². The zero-order valence-electron chi connectivity index (χ0n) is 13.6. The van der Waals surface area contributed by atoms with Gasteiger partial charge in [-0.25, -0.2) is 9.97 Å². The van der Waals surface area contributed by atoms with Crippen LogP contribution in [0.3, 0.4) is 0 Å². The SMILES string of the molecule is O=C(Nc1ccnc(Sc2ccccn2)c1)[C@@H]1CC(=O)N(C2CC2)C1. The number of hydrogen-bond donors (Lipinski definition) is 1. The molecule has 2 aliphatic rings. The first-order valence-electron chi connectivity index (χ1n) is 8.34. The number of aromatic nitrogens is 2. The molecular formula is C18H18N4O2S. The van der Waals surface area contributed by atoms with Crippen LogP contribution < -0.4 is 5.32 Å². The Labute approximate surface area is 150 Å². The first kappa shape index (κ1) is 16.1. The number of hydrogen-bond acceptors (Lipinski definition) is 5. The maximum absolute atomic E-state index is 12.5. The maximum atomic E-state index is 12.5. The fourth-order valence-electron chi connectivity index (χ4n) is 2.95. The smallest absolute Gasteiger partial charge is 0.229 e. The average Bonchev–Trinajstić information content (AvgIpc) is 3.38. The van der Waals surface area contributed by atoms with Crippen molar-refractivity contribution in [3.05, 3.63) is 42.7 Å². The van der Waals surface area contributed by atoms with E-state index in [1.54, 1.807) is 18.5 Å². The molecule has 3 heterocycles. The molecule has 1 aliphatic carbocycles. The van der Waals surface area contributed by atoms with Crippen LogP contribution in [0.25, 0.3) is 0 Å². The quantitative estimate of drug-likeness (QED) is 0.893. The fraction of sp³-hybridized carbons (Fsp3) is 0.333. The third-order valence-electron chi connectivity index (χ3n) is 4.37. The van der Waals surface area contributed by atoms with Crippen LogP contribution in [0.4, 0.5) is 5.69 Å². The molecule has 1 N–H and O–H groups in total. The summed E-state index contributed by atoms with van der Waals surface area (Å²) >= 11 is 1.44. The normalized spacial score (nSPS) is 19.9. The molecule has 128 valence electrons. The summed E-state index contributed by atoms with van der Waals surface area (Å²) in [6.45, 7) is 0.538. The van der Waals surface area contributed by atoms with Gasteiger partial charge in [0.25, 0.3) is 0 Å². The zero-order chi connectivity index (χ0) is 17.2. The van der Waals surface area contributed by atoms with Crippen LogP contribution in [0, 0.1) is 5.92 Å². The molecule has 6 nitrogen and oxygen atoms in total. The lowest BCUT2D eigenvalue weighted by atomic mass is 10.1. The highest BCUT2D eigenvalue weighted by Crippen LogP contribution is 2.33. The molecule has 1 saturated heterocycles. The van der Waals surface area contributed by atoms with Crippen LogP contribution in [0.1, 0.15) is 19.3 Å². The van der Waals surface area contributed by atoms with E-state index in [4.69, 9.17) is 0 Å². The Bertz CT molecular complexity index is 795. The minimum Gasteiger partial charge on any atom is -0.339 e. The molecule has 25 heavy (non-hydrogen) atoms. The molecule has 0 unspecified atom stereocenters. The number of amides is 2. The summed E-state index contributed by atoms with van der Waals surface area (Å²) in [6, 6.07) is 9.65. The number of nitrogens with one attached hydrogen (secondary N) is 1. The minimum atomic E-state index is -0.270. The van der Waals surface area contributed by atoms with Gasteiger partial charge in [0.2, 0.25) is 11.8 Å². The second kappa shape index (κ2) is 6.84. The minimum absolute atomic E-state index is 0.100. The zero-order valence-corrected chi connectivity index (χ0v) is 14.4. The number of rotatable bonds is 5. The number of carbonyl (C=O) groups excluding carboxylic acids is 2. The molecule has 4 rings (SSSR count). The third kappa shape index (κ3) is 3.82. The Morgan fingerprint density at radius 2 is 2.00 bits per heavy atom. The molecule has 0 bridgehead atoms. The predicted octanol–water partition coefficient (Wildman–Crippen LogP) is 2.58. The van der Waals surface area contributed by atoms with Gasteiger partial charge < -0.3 is 10.2 Å². The van der Waals surface area contributed by atoms with Crippen molar-refractivity contribution in [2.45, 2.75) is 35.4 Å². The number of pyridine rings is 2. The van der Waals surface area contributed by atoms with Gasteiger partial charge in [0.15, 0.2) is 0 Å². The van der Waals surface area contributed by atoms with E-state index in [2.05, 4.69) is 15.3 Å². The van der Waals surface area contributed by atoms with E-state index < -0.39 is 0 Å². The topological polar surface area (TPSA) is 75.2 Å². The fourth-order valence-corrected chi connectivity index (χ4v) is 3.72. The summed E-state index contributed by atoms with van der Waals surface area (Å²) in [5.41, 5.74) is 0.691. The highest BCUT2D eigenvalue weighted by atomic mass is 32.2. The largest absolute Gasteiger partial charge is 0.339 e. The summed E-state index contributed by atoms with van der Waals surface area (Å²) in [6.07, 6.45) is 5.84. The summed E-state index contributed by atoms with van der Waals surface area (Å²) in [5.74, 6) is -0.270. The standard InChI is InChI=1S/C18H18N4O2S/c23-17-9-12(11-22(17)14-4-5-14)18(24)21-13-6-8-20-16(10-13)25-15-3-1-2-7-19-15/h1-3,6-8,10,12,14H,4-5,9,11H2,(H,20,21,24)/t12-/m1/s1. The van der Waals surface area contributed by atoms with E-state index >= 15 is 0 Å². The number of carbonyl (C=O) groups is 2. The summed E-state index contributed by atoms with van der Waals surface area (Å²) in [5, 5.41) is 4.53. The van der Waals surface area contributed by atoms with Crippen molar-refractivity contribution in [3.63, 3.8) is 0 Å². The summed E-state index contributed by atoms with van der Waals surface area (Å²) < 4.78 is 0. The molecular weight excluding hydrogens is 336 g/mol. The van der Waals surface area contributed by atoms with Crippen LogP contribution in [0.5, 0.6) is 0 Å². The first-order valence-corrected chi connectivity index (χ1v) is 9.16. The van der Waals surface area contributed by atoms with Gasteiger partial charge in [-0.3, -0.25) is 9.59 Å². The van der Waals surface area contributed by atoms with Crippen LogP contribution in [-0.4, -0.2) is 39.3 Å². The van der Waals surface area contributed by atoms with Crippen molar-refractivity contribution in [3.8, 4) is 0 Å². The van der Waals surface area contributed by atoms with Crippen molar-refractivity contribution in [1.82, 2.24) is 14.9 Å². The monoisotopic (exact) mass is 354 g/mol. The van der Waals surface area contributed by atoms with E-state index in [0.29, 0.717) is 24.7 Å². The highest BCUT2D eigenvalue weighted by molar-refractivity contribution is 7.99. The Kier molecular flexibility index (Phi) is 4.40. The molecule has 7 heteroatoms. The van der Waals surface area contributed by atoms with Crippen LogP contribution >= 0.6 is 11.8 Å². The van der Waals surface area contributed by atoms with Gasteiger partial charge >= 0.3 is 0 Å². The molecule has 1 atom stereocenters. The summed E-state index contributed by atoms with van der Waals surface area (Å²) in [7, 11) is 0. The van der Waals surface area contributed by atoms with Gasteiger partial charge in [0.1, 0.15) is 10.1 Å². The second-order valence-electron chi connectivity index (χ2n) is 6.32. The molecule has 2 amide bonds. The Morgan fingerprint density at radius 1 is 1.16 bits per heavy atom. The summed E-state index contributed by atoms with van der Waals surface area (Å²) in [4.78, 5) is 34.9. The molecule has 0 radical (unpaired) electrons. The molecule has 2 aromatic heterocycles. The number of nitrogens with zero attached hydrogens (tertiary/aromatic N) is 3. The van der Waals surface area contributed by atoms with Crippen LogP contribution in [0.2, 0.25) is 0 Å². The van der Waals surface area contributed by atoms with Crippen LogP contribution in [0.15, 0.2) is 52.8 Å². The van der Waals surface area contributed by atoms with Gasteiger partial charge in [0.05, 0.1) is 5.92 Å². The Morgan fingerprint density at radius 3 is 2.76 bits per heavy atom. The lowest BCUT2D eigenvalue weighted by molar-refractivity contribution is -0.128. The van der Waals surface area contributed by atoms with E-state index in [0.717, 1.165) is 22.9 Å². The third-order valence-corrected chi connectivity index (χ3v) is 5.25. The maximum Gasteiger partial charge on any atom is 0.229 e. The molecule has 1 aliphatic heterocycles. The molecule has 0 spiro atoms. The lowest BCUT2D eigenvalue weighted by Gasteiger charge is -2.15. The van der Waals surface area contributed by atoms with Crippen molar-refractivity contribution in [1.29, 1.82) is 0 Å². The van der Waals surface area contributed by atoms with E-state index in [9.17, 15) is 9.59 Å². The highest BCUT2D eigenvalue weighted by Gasteiger charge is 2.41. The van der Waals surface area contributed by atoms with Gasteiger partial charge in [-0.15, -0.1) is 0 Å². The lowest BCUT2D eigenvalue weighted by Crippen LogP contribution is -2.29. The van der Waals surface area contributed by atoms with Crippen molar-refractivity contribution < 1.29 is 9.59 Å². The number of likely N-dealkylation sites (tertiary alicyclic amines) is 1. The Balaban J connectivity index is 1.40. The van der Waals surface area contributed by atoms with Crippen molar-refractivity contribution in [2.24, 2.45) is 5.92 Å². The average molecular weight is 354 g/mol. The Hall–Kier alpha value is -2.41.